The number of carbonyl (C=O) groups is 1. The van der Waals surface area contributed by atoms with Gasteiger partial charge in [0.15, 0.2) is 23.0 Å². The van der Waals surface area contributed by atoms with Crippen LogP contribution in [0.3, 0.4) is 0 Å². The molecule has 1 N–H and O–H groups in total. The molecule has 48 valence electrons. The van der Waals surface area contributed by atoms with Crippen LogP contribution in [0.15, 0.2) is 0 Å². The minimum absolute atomic E-state index is 0.368. The zero-order valence-electron chi connectivity index (χ0n) is 4.61. The fourth-order valence-electron chi connectivity index (χ4n) is 0.254. The van der Waals surface area contributed by atoms with E-state index in [9.17, 15) is 4.79 Å². The van der Waals surface area contributed by atoms with Crippen molar-refractivity contribution in [2.75, 3.05) is 6.54 Å². The fraction of sp³-hybridized carbons (Fsp3) is 0.750. The SMILES string of the molecule is CCCNC(=O)OI. The zero-order chi connectivity index (χ0) is 6.41. The second-order valence-corrected chi connectivity index (χ2v) is 1.73. The van der Waals surface area contributed by atoms with E-state index in [1.165, 1.54) is 0 Å². The molecule has 0 unspecified atom stereocenters. The highest BCUT2D eigenvalue weighted by Crippen LogP contribution is 1.85. The summed E-state index contributed by atoms with van der Waals surface area (Å²) in [5, 5.41) is 2.51. The molecule has 3 nitrogen and oxygen atoms in total. The Hall–Kier alpha value is 0. The van der Waals surface area contributed by atoms with Crippen molar-refractivity contribution < 1.29 is 7.86 Å². The van der Waals surface area contributed by atoms with Crippen molar-refractivity contribution in [1.29, 1.82) is 0 Å². The first-order valence-electron chi connectivity index (χ1n) is 2.37. The van der Waals surface area contributed by atoms with Crippen LogP contribution < -0.4 is 5.32 Å². The van der Waals surface area contributed by atoms with Crippen LogP contribution in [0.4, 0.5) is 4.79 Å². The van der Waals surface area contributed by atoms with Gasteiger partial charge in [0.1, 0.15) is 0 Å². The summed E-state index contributed by atoms with van der Waals surface area (Å²) < 4.78 is 4.27. The van der Waals surface area contributed by atoms with Crippen molar-refractivity contribution in [1.82, 2.24) is 5.32 Å². The third-order valence-corrected chi connectivity index (χ3v) is 0.989. The topological polar surface area (TPSA) is 38.3 Å². The second kappa shape index (κ2) is 5.14. The molecule has 0 radical (unpaired) electrons. The van der Waals surface area contributed by atoms with Crippen LogP contribution in [0.5, 0.6) is 0 Å². The van der Waals surface area contributed by atoms with E-state index >= 15 is 0 Å². The maximum atomic E-state index is 10.2. The molecule has 0 rings (SSSR count). The first-order chi connectivity index (χ1) is 3.81. The number of hydrogen-bond donors (Lipinski definition) is 1. The monoisotopic (exact) mass is 229 g/mol. The van der Waals surface area contributed by atoms with E-state index in [0.29, 0.717) is 6.54 Å². The molecule has 0 bridgehead atoms. The molecule has 0 aliphatic heterocycles. The van der Waals surface area contributed by atoms with Crippen molar-refractivity contribution in [3.05, 3.63) is 0 Å². The number of rotatable bonds is 2. The highest BCUT2D eigenvalue weighted by molar-refractivity contribution is 14.1. The van der Waals surface area contributed by atoms with E-state index in [1.54, 1.807) is 23.0 Å². The molecule has 0 saturated heterocycles. The highest BCUT2D eigenvalue weighted by Gasteiger charge is 1.93. The molecule has 0 aliphatic carbocycles. The van der Waals surface area contributed by atoms with E-state index < -0.39 is 0 Å². The van der Waals surface area contributed by atoms with Crippen LogP contribution in [0.1, 0.15) is 13.3 Å². The van der Waals surface area contributed by atoms with Crippen LogP contribution in [0.2, 0.25) is 0 Å². The lowest BCUT2D eigenvalue weighted by Crippen LogP contribution is -2.21. The Kier molecular flexibility index (Phi) is 5.14. The summed E-state index contributed by atoms with van der Waals surface area (Å²) in [6.07, 6.45) is 0.568. The smallest absolute Gasteiger partial charge is 0.378 e. The van der Waals surface area contributed by atoms with Crippen molar-refractivity contribution in [3.8, 4) is 0 Å². The van der Waals surface area contributed by atoms with Crippen molar-refractivity contribution in [3.63, 3.8) is 0 Å². The van der Waals surface area contributed by atoms with E-state index in [-0.39, 0.29) is 6.09 Å². The van der Waals surface area contributed by atoms with Crippen LogP contribution in [0.25, 0.3) is 0 Å². The summed E-state index contributed by atoms with van der Waals surface area (Å²) in [6, 6.07) is 0. The summed E-state index contributed by atoms with van der Waals surface area (Å²) in [7, 11) is 0. The quantitative estimate of drug-likeness (QED) is 0.728. The number of halogens is 1. The number of hydrogen-bond acceptors (Lipinski definition) is 2. The summed E-state index contributed by atoms with van der Waals surface area (Å²) in [4.78, 5) is 10.2. The number of nitrogens with one attached hydrogen (secondary N) is 1. The number of carbonyl (C=O) groups excluding carboxylic acids is 1. The van der Waals surface area contributed by atoms with Gasteiger partial charge in [0.2, 0.25) is 0 Å². The maximum Gasteiger partial charge on any atom is 0.416 e. The van der Waals surface area contributed by atoms with Gasteiger partial charge < -0.3 is 8.38 Å². The van der Waals surface area contributed by atoms with Gasteiger partial charge >= 0.3 is 6.09 Å². The molecule has 0 aliphatic rings. The Morgan fingerprint density at radius 2 is 2.50 bits per heavy atom. The lowest BCUT2D eigenvalue weighted by Gasteiger charge is -1.96. The molecule has 0 aromatic rings. The van der Waals surface area contributed by atoms with E-state index in [1.807, 2.05) is 6.92 Å². The molecule has 0 heterocycles. The van der Waals surface area contributed by atoms with Crippen LogP contribution in [-0.4, -0.2) is 12.6 Å². The van der Waals surface area contributed by atoms with E-state index in [2.05, 4.69) is 8.38 Å². The van der Waals surface area contributed by atoms with Crippen LogP contribution in [0, 0.1) is 0 Å². The molecule has 0 spiro atoms. The summed E-state index contributed by atoms with van der Waals surface area (Å²) in [5.41, 5.74) is 0. The van der Waals surface area contributed by atoms with Gasteiger partial charge in [-0.3, -0.25) is 0 Å². The van der Waals surface area contributed by atoms with Crippen LogP contribution >= 0.6 is 23.0 Å². The summed E-state index contributed by atoms with van der Waals surface area (Å²) >= 11 is 1.54. The largest absolute Gasteiger partial charge is 0.416 e. The van der Waals surface area contributed by atoms with Crippen molar-refractivity contribution in [2.45, 2.75) is 13.3 Å². The number of amides is 1. The fourth-order valence-corrected chi connectivity index (χ4v) is 0.410. The standard InChI is InChI=1S/C4H8INO2/c1-2-3-6-4(7)8-5/h2-3H2,1H3,(H,6,7). The van der Waals surface area contributed by atoms with Crippen molar-refractivity contribution in [2.24, 2.45) is 0 Å². The van der Waals surface area contributed by atoms with Gasteiger partial charge in [0.25, 0.3) is 0 Å². The highest BCUT2D eigenvalue weighted by atomic mass is 127. The Labute approximate surface area is 62.5 Å². The lowest BCUT2D eigenvalue weighted by atomic mass is 10.5. The third-order valence-electron chi connectivity index (χ3n) is 0.589. The predicted molar refractivity (Wildman–Crippen MR) is 38.8 cm³/mol. The Morgan fingerprint density at radius 3 is 2.88 bits per heavy atom. The molecule has 4 heteroatoms. The second-order valence-electron chi connectivity index (χ2n) is 1.29. The normalized spacial score (nSPS) is 8.25. The van der Waals surface area contributed by atoms with Crippen molar-refractivity contribution >= 4 is 29.1 Å². The van der Waals surface area contributed by atoms with Gasteiger partial charge in [-0.1, -0.05) is 6.92 Å². The van der Waals surface area contributed by atoms with Gasteiger partial charge in [-0.15, -0.1) is 0 Å². The molecule has 0 fully saturated rings. The molecular formula is C4H8INO2. The average molecular weight is 229 g/mol. The maximum absolute atomic E-state index is 10.2. The molecule has 8 heavy (non-hydrogen) atoms. The molecule has 1 amide bonds. The molecule has 0 atom stereocenters. The Balaban J connectivity index is 2.99. The molecule has 0 saturated carbocycles. The van der Waals surface area contributed by atoms with E-state index in [4.69, 9.17) is 0 Å². The first-order valence-corrected chi connectivity index (χ1v) is 3.25. The van der Waals surface area contributed by atoms with E-state index in [0.717, 1.165) is 6.42 Å². The zero-order valence-corrected chi connectivity index (χ0v) is 6.77. The van der Waals surface area contributed by atoms with Gasteiger partial charge in [0, 0.05) is 6.54 Å². The molecule has 0 aromatic carbocycles. The molecule has 0 aromatic heterocycles. The Bertz CT molecular complexity index is 76.4. The van der Waals surface area contributed by atoms with Gasteiger partial charge in [-0.05, 0) is 6.42 Å². The molecular weight excluding hydrogens is 221 g/mol. The summed E-state index contributed by atoms with van der Waals surface area (Å²) in [5.74, 6) is 0. The first kappa shape index (κ1) is 8.00. The van der Waals surface area contributed by atoms with Gasteiger partial charge in [0.05, 0.1) is 0 Å². The third kappa shape index (κ3) is 4.17. The van der Waals surface area contributed by atoms with Crippen LogP contribution in [-0.2, 0) is 3.07 Å². The average Bonchev–Trinajstić information content (AvgIpc) is 1.83. The summed E-state index contributed by atoms with van der Waals surface area (Å²) in [6.45, 7) is 2.66. The Morgan fingerprint density at radius 1 is 1.88 bits per heavy atom. The van der Waals surface area contributed by atoms with Gasteiger partial charge in [-0.2, -0.15) is 0 Å². The lowest BCUT2D eigenvalue weighted by molar-refractivity contribution is 0.215. The predicted octanol–water partition coefficient (Wildman–Crippen LogP) is 1.47. The van der Waals surface area contributed by atoms with Gasteiger partial charge in [-0.25, -0.2) is 4.79 Å². The minimum atomic E-state index is -0.368. The minimum Gasteiger partial charge on any atom is -0.378 e.